The molecule has 0 aliphatic carbocycles. The smallest absolute Gasteiger partial charge is 0.251 e. The molecule has 0 saturated carbocycles. The zero-order valence-corrected chi connectivity index (χ0v) is 16.8. The third kappa shape index (κ3) is 4.07. The highest BCUT2D eigenvalue weighted by Gasteiger charge is 2.24. The number of benzene rings is 2. The lowest BCUT2D eigenvalue weighted by Gasteiger charge is -2.12. The zero-order chi connectivity index (χ0) is 20.5. The number of rotatable bonds is 4. The van der Waals surface area contributed by atoms with Crippen molar-refractivity contribution < 1.29 is 13.9 Å². The average molecular weight is 412 g/mol. The van der Waals surface area contributed by atoms with Crippen molar-refractivity contribution in [3.8, 4) is 17.0 Å². The molecule has 0 radical (unpaired) electrons. The first-order valence-corrected chi connectivity index (χ1v) is 9.62. The molecule has 0 fully saturated rings. The van der Waals surface area contributed by atoms with Crippen LogP contribution in [0, 0.1) is 19.7 Å². The summed E-state index contributed by atoms with van der Waals surface area (Å²) in [6.07, 6.45) is 2.25. The largest absolute Gasteiger partial charge is 0.488 e. The Bertz CT molecular complexity index is 1100. The second kappa shape index (κ2) is 7.79. The second-order valence-electron chi connectivity index (χ2n) is 7.05. The number of nitrogens with one attached hydrogen (secondary N) is 1. The maximum Gasteiger partial charge on any atom is 0.251 e. The fraction of sp³-hybridized carbons (Fsp3) is 0.227. The maximum atomic E-state index is 13.3. The lowest BCUT2D eigenvalue weighted by molar-refractivity contribution is 0.0933. The summed E-state index contributed by atoms with van der Waals surface area (Å²) in [5, 5.41) is 2.74. The van der Waals surface area contributed by atoms with E-state index < -0.39 is 5.82 Å². The SMILES string of the molecule is Cc1cnc(C)c(-c2ccc3c(c2)CC(CNC(=O)c2ccc(F)c(Cl)c2)O3)n1. The summed E-state index contributed by atoms with van der Waals surface area (Å²) in [4.78, 5) is 21.3. The van der Waals surface area contributed by atoms with Crippen molar-refractivity contribution in [1.82, 2.24) is 15.3 Å². The van der Waals surface area contributed by atoms with Crippen molar-refractivity contribution in [2.24, 2.45) is 0 Å². The molecule has 1 aromatic heterocycles. The van der Waals surface area contributed by atoms with Crippen molar-refractivity contribution >= 4 is 17.5 Å². The standard InChI is InChI=1S/C22H19ClFN3O2/c1-12-10-25-13(2)21(27-12)14-4-6-20-16(7-14)8-17(29-20)11-26-22(28)15-3-5-19(24)18(23)9-15/h3-7,9-10,17H,8,11H2,1-2H3,(H,26,28). The molecule has 2 aromatic carbocycles. The van der Waals surface area contributed by atoms with Gasteiger partial charge >= 0.3 is 0 Å². The molecule has 2 heterocycles. The maximum absolute atomic E-state index is 13.3. The van der Waals surface area contributed by atoms with Crippen molar-refractivity contribution in [1.29, 1.82) is 0 Å². The van der Waals surface area contributed by atoms with Gasteiger partial charge in [-0.2, -0.15) is 0 Å². The predicted octanol–water partition coefficient (Wildman–Crippen LogP) is 4.29. The molecule has 1 unspecified atom stereocenters. The third-order valence-electron chi connectivity index (χ3n) is 4.82. The molecule has 148 valence electrons. The monoisotopic (exact) mass is 411 g/mol. The molecule has 29 heavy (non-hydrogen) atoms. The fourth-order valence-electron chi connectivity index (χ4n) is 3.34. The molecular formula is C22H19ClFN3O2. The van der Waals surface area contributed by atoms with Gasteiger partial charge < -0.3 is 10.1 Å². The van der Waals surface area contributed by atoms with Crippen LogP contribution in [-0.4, -0.2) is 28.5 Å². The third-order valence-corrected chi connectivity index (χ3v) is 5.11. The van der Waals surface area contributed by atoms with Crippen LogP contribution in [0.25, 0.3) is 11.3 Å². The Balaban J connectivity index is 1.43. The number of fused-ring (bicyclic) bond motifs is 1. The summed E-state index contributed by atoms with van der Waals surface area (Å²) in [5.41, 5.74) is 4.96. The van der Waals surface area contributed by atoms with Crippen molar-refractivity contribution in [3.05, 3.63) is 75.9 Å². The molecule has 0 bridgehead atoms. The number of carbonyl (C=O) groups is 1. The van der Waals surface area contributed by atoms with Gasteiger partial charge in [-0.3, -0.25) is 9.78 Å². The quantitative estimate of drug-likeness (QED) is 0.695. The molecule has 1 amide bonds. The van der Waals surface area contributed by atoms with E-state index in [2.05, 4.69) is 21.4 Å². The number of aryl methyl sites for hydroxylation is 2. The van der Waals surface area contributed by atoms with Crippen LogP contribution >= 0.6 is 11.6 Å². The predicted molar refractivity (Wildman–Crippen MR) is 109 cm³/mol. The van der Waals surface area contributed by atoms with Crippen LogP contribution in [0.1, 0.15) is 27.3 Å². The van der Waals surface area contributed by atoms with Crippen LogP contribution in [0.5, 0.6) is 5.75 Å². The zero-order valence-electron chi connectivity index (χ0n) is 16.0. The fourth-order valence-corrected chi connectivity index (χ4v) is 3.52. The van der Waals surface area contributed by atoms with Crippen LogP contribution in [0.3, 0.4) is 0 Å². The summed E-state index contributed by atoms with van der Waals surface area (Å²) in [6.45, 7) is 4.19. The Morgan fingerprint density at radius 2 is 2.10 bits per heavy atom. The summed E-state index contributed by atoms with van der Waals surface area (Å²) in [7, 11) is 0. The Morgan fingerprint density at radius 3 is 2.90 bits per heavy atom. The molecule has 7 heteroatoms. The Morgan fingerprint density at radius 1 is 1.28 bits per heavy atom. The van der Waals surface area contributed by atoms with E-state index in [9.17, 15) is 9.18 Å². The van der Waals surface area contributed by atoms with E-state index in [1.165, 1.54) is 18.2 Å². The molecule has 0 spiro atoms. The average Bonchev–Trinajstić information content (AvgIpc) is 3.12. The lowest BCUT2D eigenvalue weighted by Crippen LogP contribution is -2.34. The first kappa shape index (κ1) is 19.3. The normalized spacial score (nSPS) is 15.0. The summed E-state index contributed by atoms with van der Waals surface area (Å²) in [5.74, 6) is -0.0731. The highest BCUT2D eigenvalue weighted by atomic mass is 35.5. The van der Waals surface area contributed by atoms with Gasteiger partial charge in [0.25, 0.3) is 5.91 Å². The van der Waals surface area contributed by atoms with E-state index >= 15 is 0 Å². The van der Waals surface area contributed by atoms with Crippen molar-refractivity contribution in [2.45, 2.75) is 26.4 Å². The van der Waals surface area contributed by atoms with Crippen molar-refractivity contribution in [3.63, 3.8) is 0 Å². The first-order chi connectivity index (χ1) is 13.9. The van der Waals surface area contributed by atoms with E-state index in [0.717, 1.165) is 34.0 Å². The van der Waals surface area contributed by atoms with Gasteiger partial charge in [-0.15, -0.1) is 0 Å². The molecule has 1 atom stereocenters. The van der Waals surface area contributed by atoms with Crippen LogP contribution in [0.15, 0.2) is 42.6 Å². The van der Waals surface area contributed by atoms with Gasteiger partial charge in [0.05, 0.1) is 28.6 Å². The topological polar surface area (TPSA) is 64.1 Å². The number of aromatic nitrogens is 2. The highest BCUT2D eigenvalue weighted by Crippen LogP contribution is 2.33. The van der Waals surface area contributed by atoms with Gasteiger partial charge in [0, 0.05) is 23.7 Å². The first-order valence-electron chi connectivity index (χ1n) is 9.24. The number of carbonyl (C=O) groups excluding carboxylic acids is 1. The number of nitrogens with zero attached hydrogens (tertiary/aromatic N) is 2. The van der Waals surface area contributed by atoms with E-state index in [-0.39, 0.29) is 17.0 Å². The molecule has 5 nitrogen and oxygen atoms in total. The molecule has 4 rings (SSSR count). The number of hydrogen-bond donors (Lipinski definition) is 1. The van der Waals surface area contributed by atoms with Crippen LogP contribution in [-0.2, 0) is 6.42 Å². The lowest BCUT2D eigenvalue weighted by atomic mass is 10.0. The minimum Gasteiger partial charge on any atom is -0.488 e. The number of hydrogen-bond acceptors (Lipinski definition) is 4. The van der Waals surface area contributed by atoms with E-state index in [1.807, 2.05) is 26.0 Å². The molecule has 1 N–H and O–H groups in total. The Kier molecular flexibility index (Phi) is 5.20. The Labute approximate surface area is 172 Å². The van der Waals surface area contributed by atoms with Crippen LogP contribution < -0.4 is 10.1 Å². The molecule has 0 saturated heterocycles. The second-order valence-corrected chi connectivity index (χ2v) is 7.46. The van der Waals surface area contributed by atoms with Gasteiger partial charge in [-0.05, 0) is 55.8 Å². The van der Waals surface area contributed by atoms with Crippen LogP contribution in [0.2, 0.25) is 5.02 Å². The van der Waals surface area contributed by atoms with E-state index in [4.69, 9.17) is 16.3 Å². The summed E-state index contributed by atoms with van der Waals surface area (Å²) < 4.78 is 19.2. The number of ether oxygens (including phenoxy) is 1. The minimum absolute atomic E-state index is 0.0794. The van der Waals surface area contributed by atoms with Gasteiger partial charge in [0.2, 0.25) is 0 Å². The van der Waals surface area contributed by atoms with Gasteiger partial charge in [0.1, 0.15) is 17.7 Å². The number of amides is 1. The highest BCUT2D eigenvalue weighted by molar-refractivity contribution is 6.31. The molecule has 1 aliphatic rings. The van der Waals surface area contributed by atoms with Crippen molar-refractivity contribution in [2.75, 3.05) is 6.54 Å². The molecule has 1 aliphatic heterocycles. The van der Waals surface area contributed by atoms with Crippen LogP contribution in [0.4, 0.5) is 4.39 Å². The van der Waals surface area contributed by atoms with E-state index in [0.29, 0.717) is 18.5 Å². The number of halogens is 2. The van der Waals surface area contributed by atoms with Gasteiger partial charge in [0.15, 0.2) is 0 Å². The van der Waals surface area contributed by atoms with Gasteiger partial charge in [-0.1, -0.05) is 11.6 Å². The van der Waals surface area contributed by atoms with Gasteiger partial charge in [-0.25, -0.2) is 9.37 Å². The Hall–Kier alpha value is -2.99. The summed E-state index contributed by atoms with van der Waals surface area (Å²) in [6, 6.07) is 9.85. The molecular weight excluding hydrogens is 393 g/mol. The summed E-state index contributed by atoms with van der Waals surface area (Å²) >= 11 is 5.74. The van der Waals surface area contributed by atoms with E-state index in [1.54, 1.807) is 6.20 Å². The minimum atomic E-state index is -0.554. The molecule has 3 aromatic rings.